The van der Waals surface area contributed by atoms with Gasteiger partial charge in [0.1, 0.15) is 0 Å². The van der Waals surface area contributed by atoms with Crippen molar-refractivity contribution in [2.75, 3.05) is 17.7 Å². The zero-order chi connectivity index (χ0) is 11.9. The SMILES string of the molecule is Cc1nc(Cl)nc(N(C)C(C)C2CC2)c1N. The first-order chi connectivity index (χ1) is 7.50. The van der Waals surface area contributed by atoms with Gasteiger partial charge in [0.2, 0.25) is 5.28 Å². The maximum atomic E-state index is 5.99. The number of nitrogens with two attached hydrogens (primary N) is 1. The predicted molar refractivity (Wildman–Crippen MR) is 66.8 cm³/mol. The summed E-state index contributed by atoms with van der Waals surface area (Å²) in [6.45, 7) is 4.05. The molecule has 1 heterocycles. The van der Waals surface area contributed by atoms with Gasteiger partial charge in [-0.15, -0.1) is 0 Å². The summed E-state index contributed by atoms with van der Waals surface area (Å²) in [5, 5.41) is 0.261. The van der Waals surface area contributed by atoms with Crippen molar-refractivity contribution in [2.45, 2.75) is 32.7 Å². The van der Waals surface area contributed by atoms with Gasteiger partial charge in [-0.25, -0.2) is 4.98 Å². The van der Waals surface area contributed by atoms with E-state index < -0.39 is 0 Å². The Morgan fingerprint density at radius 2 is 2.06 bits per heavy atom. The Labute approximate surface area is 101 Å². The average molecular weight is 241 g/mol. The Balaban J connectivity index is 2.31. The van der Waals surface area contributed by atoms with Gasteiger partial charge in [0, 0.05) is 13.1 Å². The topological polar surface area (TPSA) is 55.0 Å². The van der Waals surface area contributed by atoms with Crippen LogP contribution in [0.15, 0.2) is 0 Å². The van der Waals surface area contributed by atoms with Crippen LogP contribution >= 0.6 is 11.6 Å². The third-order valence-corrected chi connectivity index (χ3v) is 3.51. The van der Waals surface area contributed by atoms with Crippen molar-refractivity contribution in [3.05, 3.63) is 11.0 Å². The summed E-state index contributed by atoms with van der Waals surface area (Å²) in [5.41, 5.74) is 7.35. The molecule has 0 aliphatic heterocycles. The molecule has 0 aromatic carbocycles. The van der Waals surface area contributed by atoms with E-state index in [4.69, 9.17) is 17.3 Å². The molecule has 1 saturated carbocycles. The van der Waals surface area contributed by atoms with E-state index >= 15 is 0 Å². The van der Waals surface area contributed by atoms with Crippen LogP contribution in [-0.2, 0) is 0 Å². The fourth-order valence-corrected chi connectivity index (χ4v) is 2.10. The molecule has 0 saturated heterocycles. The van der Waals surface area contributed by atoms with Gasteiger partial charge in [0.15, 0.2) is 5.82 Å². The predicted octanol–water partition coefficient (Wildman–Crippen LogP) is 2.26. The molecule has 1 fully saturated rings. The molecule has 1 unspecified atom stereocenters. The molecule has 0 amide bonds. The highest BCUT2D eigenvalue weighted by molar-refractivity contribution is 6.28. The van der Waals surface area contributed by atoms with Gasteiger partial charge < -0.3 is 10.6 Å². The van der Waals surface area contributed by atoms with Crippen LogP contribution in [0.5, 0.6) is 0 Å². The number of nitrogen functional groups attached to an aromatic ring is 1. The van der Waals surface area contributed by atoms with Crippen molar-refractivity contribution in [2.24, 2.45) is 5.92 Å². The minimum absolute atomic E-state index is 0.261. The number of hydrogen-bond acceptors (Lipinski definition) is 4. The normalized spacial score (nSPS) is 17.2. The lowest BCUT2D eigenvalue weighted by Crippen LogP contribution is -2.32. The van der Waals surface area contributed by atoms with E-state index in [1.807, 2.05) is 14.0 Å². The summed E-state index contributed by atoms with van der Waals surface area (Å²) in [6.07, 6.45) is 2.59. The molecule has 1 aliphatic rings. The highest BCUT2D eigenvalue weighted by Gasteiger charge is 2.32. The minimum atomic E-state index is 0.261. The minimum Gasteiger partial charge on any atom is -0.394 e. The van der Waals surface area contributed by atoms with Crippen LogP contribution in [0.2, 0.25) is 5.28 Å². The molecule has 88 valence electrons. The molecule has 1 atom stereocenters. The standard InChI is InChI=1S/C11H17ClN4/c1-6-9(13)10(15-11(12)14-6)16(3)7(2)8-4-5-8/h7-8H,4-5,13H2,1-3H3. The van der Waals surface area contributed by atoms with Gasteiger partial charge in [-0.2, -0.15) is 4.98 Å². The van der Waals surface area contributed by atoms with E-state index in [9.17, 15) is 0 Å². The molecule has 4 nitrogen and oxygen atoms in total. The van der Waals surface area contributed by atoms with E-state index in [0.717, 1.165) is 17.4 Å². The Morgan fingerprint density at radius 1 is 1.44 bits per heavy atom. The summed E-state index contributed by atoms with van der Waals surface area (Å²) < 4.78 is 0. The largest absolute Gasteiger partial charge is 0.394 e. The second-order valence-electron chi connectivity index (χ2n) is 4.50. The Bertz CT molecular complexity index is 403. The molecule has 16 heavy (non-hydrogen) atoms. The van der Waals surface area contributed by atoms with Crippen molar-refractivity contribution in [1.29, 1.82) is 0 Å². The number of halogens is 1. The van der Waals surface area contributed by atoms with E-state index in [1.54, 1.807) is 0 Å². The zero-order valence-electron chi connectivity index (χ0n) is 9.87. The summed E-state index contributed by atoms with van der Waals surface area (Å²) in [7, 11) is 2.01. The van der Waals surface area contributed by atoms with Crippen molar-refractivity contribution >= 4 is 23.1 Å². The number of nitrogens with zero attached hydrogens (tertiary/aromatic N) is 3. The van der Waals surface area contributed by atoms with Gasteiger partial charge in [0.05, 0.1) is 11.4 Å². The lowest BCUT2D eigenvalue weighted by atomic mass is 10.2. The fraction of sp³-hybridized carbons (Fsp3) is 0.636. The molecular formula is C11H17ClN4. The number of hydrogen-bond donors (Lipinski definition) is 1. The van der Waals surface area contributed by atoms with Gasteiger partial charge in [-0.1, -0.05) is 0 Å². The Hall–Kier alpha value is -1.03. The first-order valence-electron chi connectivity index (χ1n) is 5.53. The lowest BCUT2D eigenvalue weighted by molar-refractivity contribution is 0.604. The Morgan fingerprint density at radius 3 is 2.62 bits per heavy atom. The van der Waals surface area contributed by atoms with Crippen molar-refractivity contribution in [3.63, 3.8) is 0 Å². The van der Waals surface area contributed by atoms with Crippen LogP contribution in [-0.4, -0.2) is 23.1 Å². The molecule has 1 aliphatic carbocycles. The molecule has 2 N–H and O–H groups in total. The second kappa shape index (κ2) is 4.09. The van der Waals surface area contributed by atoms with Gasteiger partial charge >= 0.3 is 0 Å². The third-order valence-electron chi connectivity index (χ3n) is 3.34. The maximum absolute atomic E-state index is 5.99. The molecule has 1 aromatic heterocycles. The second-order valence-corrected chi connectivity index (χ2v) is 4.84. The summed E-state index contributed by atoms with van der Waals surface area (Å²) in [4.78, 5) is 10.4. The Kier molecular flexibility index (Phi) is 2.93. The molecular weight excluding hydrogens is 224 g/mol. The number of aryl methyl sites for hydroxylation is 1. The van der Waals surface area contributed by atoms with Crippen molar-refractivity contribution in [3.8, 4) is 0 Å². The zero-order valence-corrected chi connectivity index (χ0v) is 10.6. The van der Waals surface area contributed by atoms with E-state index in [2.05, 4.69) is 21.8 Å². The molecule has 0 radical (unpaired) electrons. The summed E-state index contributed by atoms with van der Waals surface area (Å²) in [6, 6.07) is 0.452. The monoisotopic (exact) mass is 240 g/mol. The van der Waals surface area contributed by atoms with Crippen LogP contribution in [0.3, 0.4) is 0 Å². The van der Waals surface area contributed by atoms with Gasteiger partial charge in [-0.05, 0) is 44.2 Å². The smallest absolute Gasteiger partial charge is 0.224 e. The lowest BCUT2D eigenvalue weighted by Gasteiger charge is -2.27. The fourth-order valence-electron chi connectivity index (χ4n) is 1.89. The van der Waals surface area contributed by atoms with E-state index in [-0.39, 0.29) is 5.28 Å². The van der Waals surface area contributed by atoms with Crippen molar-refractivity contribution < 1.29 is 0 Å². The van der Waals surface area contributed by atoms with Crippen LogP contribution in [0, 0.1) is 12.8 Å². The van der Waals surface area contributed by atoms with Crippen LogP contribution in [0.1, 0.15) is 25.5 Å². The van der Waals surface area contributed by atoms with E-state index in [1.165, 1.54) is 12.8 Å². The molecule has 1 aromatic rings. The number of rotatable bonds is 3. The number of anilines is 2. The highest BCUT2D eigenvalue weighted by Crippen LogP contribution is 2.37. The highest BCUT2D eigenvalue weighted by atomic mass is 35.5. The van der Waals surface area contributed by atoms with Gasteiger partial charge in [0.25, 0.3) is 0 Å². The summed E-state index contributed by atoms with van der Waals surface area (Å²) in [5.74, 6) is 1.51. The third kappa shape index (κ3) is 2.07. The first-order valence-corrected chi connectivity index (χ1v) is 5.91. The van der Waals surface area contributed by atoms with E-state index in [0.29, 0.717) is 11.7 Å². The first kappa shape index (κ1) is 11.5. The van der Waals surface area contributed by atoms with Crippen LogP contribution in [0.4, 0.5) is 11.5 Å². The molecule has 0 spiro atoms. The molecule has 2 rings (SSSR count). The molecule has 5 heteroatoms. The average Bonchev–Trinajstić information content (AvgIpc) is 3.05. The number of aromatic nitrogens is 2. The molecule has 0 bridgehead atoms. The maximum Gasteiger partial charge on any atom is 0.224 e. The van der Waals surface area contributed by atoms with Gasteiger partial charge in [-0.3, -0.25) is 0 Å². The van der Waals surface area contributed by atoms with Crippen LogP contribution < -0.4 is 10.6 Å². The summed E-state index contributed by atoms with van der Waals surface area (Å²) >= 11 is 5.86. The van der Waals surface area contributed by atoms with Crippen LogP contribution in [0.25, 0.3) is 0 Å². The van der Waals surface area contributed by atoms with Crippen molar-refractivity contribution in [1.82, 2.24) is 9.97 Å². The quantitative estimate of drug-likeness (QED) is 0.824.